The van der Waals surface area contributed by atoms with Crippen LogP contribution in [0.4, 0.5) is 5.69 Å². The van der Waals surface area contributed by atoms with Crippen LogP contribution in [-0.4, -0.2) is 6.04 Å². The number of anilines is 1. The van der Waals surface area contributed by atoms with Gasteiger partial charge < -0.3 is 5.32 Å². The molecule has 0 heterocycles. The summed E-state index contributed by atoms with van der Waals surface area (Å²) in [5, 5.41) is 3.56. The van der Waals surface area contributed by atoms with Crippen molar-refractivity contribution < 1.29 is 0 Å². The zero-order chi connectivity index (χ0) is 10.4. The summed E-state index contributed by atoms with van der Waals surface area (Å²) in [7, 11) is 0. The first-order valence-corrected chi connectivity index (χ1v) is 5.54. The Morgan fingerprint density at radius 2 is 1.79 bits per heavy atom. The van der Waals surface area contributed by atoms with E-state index in [2.05, 4.69) is 56.4 Å². The van der Waals surface area contributed by atoms with E-state index >= 15 is 0 Å². The van der Waals surface area contributed by atoms with E-state index in [0.29, 0.717) is 6.04 Å². The molecule has 0 aliphatic heterocycles. The van der Waals surface area contributed by atoms with Crippen LogP contribution in [0.1, 0.15) is 33.6 Å². The molecule has 1 atom stereocenters. The van der Waals surface area contributed by atoms with Gasteiger partial charge in [0.05, 0.1) is 0 Å². The number of nitrogens with one attached hydrogen (secondary N) is 1. The van der Waals surface area contributed by atoms with Crippen LogP contribution in [0.15, 0.2) is 30.3 Å². The molecule has 0 aromatic heterocycles. The Hall–Kier alpha value is -0.980. The zero-order valence-electron chi connectivity index (χ0n) is 9.46. The normalized spacial score (nSPS) is 12.9. The average molecular weight is 191 g/mol. The molecule has 0 radical (unpaired) electrons. The lowest BCUT2D eigenvalue weighted by atomic mass is 10.0. The van der Waals surface area contributed by atoms with E-state index in [1.807, 2.05) is 0 Å². The molecule has 1 rings (SSSR count). The van der Waals surface area contributed by atoms with Crippen molar-refractivity contribution in [3.05, 3.63) is 30.3 Å². The Morgan fingerprint density at radius 1 is 1.14 bits per heavy atom. The number of rotatable bonds is 5. The van der Waals surface area contributed by atoms with Gasteiger partial charge in [0.25, 0.3) is 0 Å². The van der Waals surface area contributed by atoms with Crippen LogP contribution in [0.25, 0.3) is 0 Å². The van der Waals surface area contributed by atoms with E-state index in [1.165, 1.54) is 18.5 Å². The van der Waals surface area contributed by atoms with E-state index in [-0.39, 0.29) is 0 Å². The van der Waals surface area contributed by atoms with Crippen molar-refractivity contribution in [3.63, 3.8) is 0 Å². The van der Waals surface area contributed by atoms with Gasteiger partial charge in [0.15, 0.2) is 0 Å². The number of para-hydroxylation sites is 1. The summed E-state index contributed by atoms with van der Waals surface area (Å²) in [5.41, 5.74) is 1.24. The lowest BCUT2D eigenvalue weighted by molar-refractivity contribution is 0.508. The fourth-order valence-corrected chi connectivity index (χ4v) is 1.67. The van der Waals surface area contributed by atoms with Crippen molar-refractivity contribution in [1.29, 1.82) is 0 Å². The minimum atomic E-state index is 0.609. The van der Waals surface area contributed by atoms with Crippen molar-refractivity contribution in [3.8, 4) is 0 Å². The van der Waals surface area contributed by atoms with Gasteiger partial charge >= 0.3 is 0 Å². The maximum atomic E-state index is 3.56. The van der Waals surface area contributed by atoms with E-state index in [9.17, 15) is 0 Å². The number of benzene rings is 1. The van der Waals surface area contributed by atoms with Crippen LogP contribution in [0, 0.1) is 5.92 Å². The van der Waals surface area contributed by atoms with Crippen molar-refractivity contribution >= 4 is 5.69 Å². The van der Waals surface area contributed by atoms with Crippen LogP contribution in [0.5, 0.6) is 0 Å². The highest BCUT2D eigenvalue weighted by Crippen LogP contribution is 2.14. The highest BCUT2D eigenvalue weighted by atomic mass is 14.9. The summed E-state index contributed by atoms with van der Waals surface area (Å²) < 4.78 is 0. The molecule has 0 saturated heterocycles. The van der Waals surface area contributed by atoms with Crippen molar-refractivity contribution in [2.75, 3.05) is 5.32 Å². The maximum Gasteiger partial charge on any atom is 0.0342 e. The van der Waals surface area contributed by atoms with Crippen LogP contribution in [0.3, 0.4) is 0 Å². The van der Waals surface area contributed by atoms with Crippen molar-refractivity contribution in [2.45, 2.75) is 39.7 Å². The molecule has 0 aliphatic rings. The average Bonchev–Trinajstić information content (AvgIpc) is 2.17. The maximum absolute atomic E-state index is 3.56. The molecule has 1 aromatic rings. The third kappa shape index (κ3) is 3.82. The summed E-state index contributed by atoms with van der Waals surface area (Å²) in [5.74, 6) is 0.760. The monoisotopic (exact) mass is 191 g/mol. The Labute approximate surface area is 87.5 Å². The van der Waals surface area contributed by atoms with E-state index in [4.69, 9.17) is 0 Å². The predicted molar refractivity (Wildman–Crippen MR) is 63.6 cm³/mol. The molecule has 0 saturated carbocycles. The Kier molecular flexibility index (Phi) is 4.51. The van der Waals surface area contributed by atoms with Gasteiger partial charge in [-0.1, -0.05) is 39.0 Å². The summed E-state index contributed by atoms with van der Waals surface area (Å²) in [6, 6.07) is 11.1. The molecule has 1 heteroatoms. The highest BCUT2D eigenvalue weighted by Gasteiger charge is 2.07. The predicted octanol–water partition coefficient (Wildman–Crippen LogP) is 3.92. The summed E-state index contributed by atoms with van der Waals surface area (Å²) in [4.78, 5) is 0. The molecule has 1 aromatic carbocycles. The molecule has 0 amide bonds. The quantitative estimate of drug-likeness (QED) is 0.743. The first-order valence-electron chi connectivity index (χ1n) is 5.54. The van der Waals surface area contributed by atoms with Crippen LogP contribution in [-0.2, 0) is 0 Å². The molecule has 1 N–H and O–H groups in total. The van der Waals surface area contributed by atoms with E-state index in [0.717, 1.165) is 5.92 Å². The Morgan fingerprint density at radius 3 is 2.29 bits per heavy atom. The van der Waals surface area contributed by atoms with Gasteiger partial charge in [-0.25, -0.2) is 0 Å². The summed E-state index contributed by atoms with van der Waals surface area (Å²) in [6.45, 7) is 6.79. The second-order valence-electron chi connectivity index (χ2n) is 4.25. The molecule has 78 valence electrons. The van der Waals surface area contributed by atoms with Crippen molar-refractivity contribution in [2.24, 2.45) is 5.92 Å². The van der Waals surface area contributed by atoms with Crippen LogP contribution < -0.4 is 5.32 Å². The van der Waals surface area contributed by atoms with Gasteiger partial charge in [0.1, 0.15) is 0 Å². The lowest BCUT2D eigenvalue weighted by Crippen LogP contribution is -2.20. The Bertz CT molecular complexity index is 241. The topological polar surface area (TPSA) is 12.0 Å². The Balaban J connectivity index is 2.48. The lowest BCUT2D eigenvalue weighted by Gasteiger charge is -2.20. The van der Waals surface area contributed by atoms with Crippen molar-refractivity contribution in [1.82, 2.24) is 0 Å². The summed E-state index contributed by atoms with van der Waals surface area (Å²) >= 11 is 0. The fraction of sp³-hybridized carbons (Fsp3) is 0.538. The second kappa shape index (κ2) is 5.69. The minimum Gasteiger partial charge on any atom is -0.382 e. The smallest absolute Gasteiger partial charge is 0.0342 e. The minimum absolute atomic E-state index is 0.609. The first-order chi connectivity index (χ1) is 6.72. The molecule has 0 aliphatic carbocycles. The number of hydrogen-bond donors (Lipinski definition) is 1. The molecular weight excluding hydrogens is 170 g/mol. The number of hydrogen-bond acceptors (Lipinski definition) is 1. The third-order valence-electron chi connectivity index (χ3n) is 2.39. The van der Waals surface area contributed by atoms with Crippen LogP contribution >= 0.6 is 0 Å². The molecule has 0 spiro atoms. The van der Waals surface area contributed by atoms with Gasteiger partial charge in [-0.15, -0.1) is 0 Å². The van der Waals surface area contributed by atoms with Gasteiger partial charge in [0.2, 0.25) is 0 Å². The molecule has 14 heavy (non-hydrogen) atoms. The van der Waals surface area contributed by atoms with Gasteiger partial charge in [-0.05, 0) is 30.9 Å². The highest BCUT2D eigenvalue weighted by molar-refractivity contribution is 5.43. The largest absolute Gasteiger partial charge is 0.382 e. The molecular formula is C13H21N. The first kappa shape index (κ1) is 11.1. The SMILES string of the molecule is CCC(CC(C)C)Nc1ccccc1. The summed E-state index contributed by atoms with van der Waals surface area (Å²) in [6.07, 6.45) is 2.43. The standard InChI is InChI=1S/C13H21N/c1-4-12(10-11(2)3)14-13-8-6-5-7-9-13/h5-9,11-12,14H,4,10H2,1-3H3. The van der Waals surface area contributed by atoms with E-state index in [1.54, 1.807) is 0 Å². The molecule has 0 fully saturated rings. The molecule has 0 bridgehead atoms. The molecule has 1 unspecified atom stereocenters. The fourth-order valence-electron chi connectivity index (χ4n) is 1.67. The van der Waals surface area contributed by atoms with E-state index < -0.39 is 0 Å². The third-order valence-corrected chi connectivity index (χ3v) is 2.39. The zero-order valence-corrected chi connectivity index (χ0v) is 9.46. The van der Waals surface area contributed by atoms with Gasteiger partial charge in [-0.2, -0.15) is 0 Å². The molecule has 1 nitrogen and oxygen atoms in total. The van der Waals surface area contributed by atoms with Crippen LogP contribution in [0.2, 0.25) is 0 Å². The second-order valence-corrected chi connectivity index (χ2v) is 4.25. The van der Waals surface area contributed by atoms with Gasteiger partial charge in [0, 0.05) is 11.7 Å². The van der Waals surface area contributed by atoms with Gasteiger partial charge in [-0.3, -0.25) is 0 Å².